The number of aromatic nitrogens is 1. The molecule has 2 nitrogen and oxygen atoms in total. The lowest BCUT2D eigenvalue weighted by Crippen LogP contribution is -2.35. The van der Waals surface area contributed by atoms with Gasteiger partial charge in [0.15, 0.2) is 0 Å². The summed E-state index contributed by atoms with van der Waals surface area (Å²) in [4.78, 5) is 4.72. The molecule has 1 heterocycles. The molecule has 1 aromatic carbocycles. The van der Waals surface area contributed by atoms with Gasteiger partial charge >= 0.3 is 0 Å². The third-order valence-electron chi connectivity index (χ3n) is 5.09. The minimum atomic E-state index is 0.316. The molecule has 2 saturated carbocycles. The summed E-state index contributed by atoms with van der Waals surface area (Å²) in [5, 5.41) is 1.22. The van der Waals surface area contributed by atoms with Gasteiger partial charge in [-0.25, -0.2) is 4.98 Å². The number of rotatable bonds is 3. The van der Waals surface area contributed by atoms with Crippen molar-refractivity contribution in [1.29, 1.82) is 0 Å². The normalized spacial score (nSPS) is 31.1. The van der Waals surface area contributed by atoms with Gasteiger partial charge in [0.05, 0.1) is 15.2 Å². The molecule has 100 valence electrons. The number of hydrogen-bond donors (Lipinski definition) is 1. The smallest absolute Gasteiger partial charge is 0.0954 e. The first-order valence-electron chi connectivity index (χ1n) is 7.39. The summed E-state index contributed by atoms with van der Waals surface area (Å²) >= 11 is 1.81. The third-order valence-corrected chi connectivity index (χ3v) is 6.15. The first-order chi connectivity index (χ1) is 9.29. The van der Waals surface area contributed by atoms with Crippen molar-refractivity contribution in [2.75, 3.05) is 0 Å². The van der Waals surface area contributed by atoms with E-state index < -0.39 is 0 Å². The van der Waals surface area contributed by atoms with Crippen LogP contribution in [0.4, 0.5) is 0 Å². The molecular weight excluding hydrogens is 252 g/mol. The monoisotopic (exact) mass is 272 g/mol. The summed E-state index contributed by atoms with van der Waals surface area (Å²) in [6, 6.07) is 8.70. The molecule has 2 aliphatic carbocycles. The number of thiazole rings is 1. The number of hydrogen-bond acceptors (Lipinski definition) is 3. The second-order valence-electron chi connectivity index (χ2n) is 6.28. The first kappa shape index (κ1) is 11.9. The van der Waals surface area contributed by atoms with E-state index in [0.717, 1.165) is 29.7 Å². The molecule has 1 aromatic heterocycles. The highest BCUT2D eigenvalue weighted by Crippen LogP contribution is 2.49. The van der Waals surface area contributed by atoms with Crippen LogP contribution in [0.15, 0.2) is 24.3 Å². The molecule has 0 spiro atoms. The van der Waals surface area contributed by atoms with E-state index in [9.17, 15) is 0 Å². The van der Waals surface area contributed by atoms with E-state index in [4.69, 9.17) is 10.7 Å². The maximum Gasteiger partial charge on any atom is 0.0954 e. The van der Waals surface area contributed by atoms with Gasteiger partial charge in [0, 0.05) is 12.5 Å². The highest BCUT2D eigenvalue weighted by molar-refractivity contribution is 7.18. The molecule has 2 N–H and O–H groups in total. The van der Waals surface area contributed by atoms with Crippen LogP contribution in [0.1, 0.15) is 30.7 Å². The van der Waals surface area contributed by atoms with E-state index in [0.29, 0.717) is 6.04 Å². The summed E-state index contributed by atoms with van der Waals surface area (Å²) in [6.07, 6.45) is 6.65. The Labute approximate surface area is 118 Å². The highest BCUT2D eigenvalue weighted by Gasteiger charge is 2.42. The summed E-state index contributed by atoms with van der Waals surface area (Å²) in [6.45, 7) is 0. The van der Waals surface area contributed by atoms with Crippen LogP contribution in [0.2, 0.25) is 0 Å². The molecule has 3 heteroatoms. The highest BCUT2D eigenvalue weighted by atomic mass is 32.1. The van der Waals surface area contributed by atoms with Crippen molar-refractivity contribution in [3.63, 3.8) is 0 Å². The largest absolute Gasteiger partial charge is 0.327 e. The molecule has 2 aromatic rings. The third kappa shape index (κ3) is 2.09. The summed E-state index contributed by atoms with van der Waals surface area (Å²) in [5.41, 5.74) is 7.61. The number of para-hydroxylation sites is 1. The van der Waals surface area contributed by atoms with Gasteiger partial charge in [-0.15, -0.1) is 11.3 Å². The van der Waals surface area contributed by atoms with Crippen LogP contribution in [0.5, 0.6) is 0 Å². The van der Waals surface area contributed by atoms with E-state index in [1.807, 2.05) is 11.3 Å². The SMILES string of the molecule is NC(Cc1nc2ccccc2s1)C1CC2CCC1C2. The minimum absolute atomic E-state index is 0.316. The average molecular weight is 272 g/mol. The molecular formula is C16H20N2S. The molecule has 4 unspecified atom stereocenters. The fraction of sp³-hybridized carbons (Fsp3) is 0.562. The lowest BCUT2D eigenvalue weighted by Gasteiger charge is -2.27. The van der Waals surface area contributed by atoms with Gasteiger partial charge in [0.1, 0.15) is 0 Å². The number of benzene rings is 1. The molecule has 4 atom stereocenters. The maximum absolute atomic E-state index is 6.49. The molecule has 4 rings (SSSR count). The molecule has 2 aliphatic rings. The average Bonchev–Trinajstić information content (AvgIpc) is 3.12. The maximum atomic E-state index is 6.49. The van der Waals surface area contributed by atoms with Gasteiger partial charge in [-0.1, -0.05) is 18.6 Å². The molecule has 2 fully saturated rings. The Hall–Kier alpha value is -0.930. The van der Waals surface area contributed by atoms with Crippen molar-refractivity contribution in [2.24, 2.45) is 23.5 Å². The Kier molecular flexibility index (Phi) is 2.85. The molecule has 0 radical (unpaired) electrons. The van der Waals surface area contributed by atoms with Crippen LogP contribution >= 0.6 is 11.3 Å². The Morgan fingerprint density at radius 2 is 2.16 bits per heavy atom. The fourth-order valence-corrected chi connectivity index (χ4v) is 5.22. The lowest BCUT2D eigenvalue weighted by molar-refractivity contribution is 0.280. The van der Waals surface area contributed by atoms with Gasteiger partial charge in [0.2, 0.25) is 0 Å². The van der Waals surface area contributed by atoms with Gasteiger partial charge in [-0.05, 0) is 49.1 Å². The summed E-state index contributed by atoms with van der Waals surface area (Å²) in [5.74, 6) is 2.65. The fourth-order valence-electron chi connectivity index (χ4n) is 4.18. The lowest BCUT2D eigenvalue weighted by atomic mass is 9.82. The van der Waals surface area contributed by atoms with Crippen LogP contribution in [0, 0.1) is 17.8 Å². The Morgan fingerprint density at radius 3 is 2.89 bits per heavy atom. The zero-order valence-corrected chi connectivity index (χ0v) is 11.9. The molecule has 0 amide bonds. The Morgan fingerprint density at radius 1 is 1.26 bits per heavy atom. The van der Waals surface area contributed by atoms with Crippen molar-refractivity contribution in [2.45, 2.75) is 38.1 Å². The second-order valence-corrected chi connectivity index (χ2v) is 7.40. The van der Waals surface area contributed by atoms with Gasteiger partial charge in [0.25, 0.3) is 0 Å². The number of nitrogens with zero attached hydrogens (tertiary/aromatic N) is 1. The topological polar surface area (TPSA) is 38.9 Å². The standard InChI is InChI=1S/C16H20N2S/c17-13(12-8-10-5-6-11(12)7-10)9-16-18-14-3-1-2-4-15(14)19-16/h1-4,10-13H,5-9,17H2. The number of fused-ring (bicyclic) bond motifs is 3. The van der Waals surface area contributed by atoms with E-state index >= 15 is 0 Å². The van der Waals surface area contributed by atoms with Crippen LogP contribution in [0.25, 0.3) is 10.2 Å². The Balaban J connectivity index is 1.51. The van der Waals surface area contributed by atoms with Crippen LogP contribution < -0.4 is 5.73 Å². The predicted molar refractivity (Wildman–Crippen MR) is 80.2 cm³/mol. The second kappa shape index (κ2) is 4.57. The van der Waals surface area contributed by atoms with E-state index in [1.54, 1.807) is 0 Å². The zero-order valence-electron chi connectivity index (χ0n) is 11.1. The molecule has 19 heavy (non-hydrogen) atoms. The Bertz CT molecular complexity index is 558. The predicted octanol–water partition coefficient (Wildman–Crippen LogP) is 3.60. The first-order valence-corrected chi connectivity index (χ1v) is 8.21. The summed E-state index contributed by atoms with van der Waals surface area (Å²) in [7, 11) is 0. The molecule has 0 aliphatic heterocycles. The minimum Gasteiger partial charge on any atom is -0.327 e. The van der Waals surface area contributed by atoms with Crippen molar-refractivity contribution < 1.29 is 0 Å². The van der Waals surface area contributed by atoms with Crippen molar-refractivity contribution in [3.8, 4) is 0 Å². The van der Waals surface area contributed by atoms with E-state index in [2.05, 4.69) is 24.3 Å². The summed E-state index contributed by atoms with van der Waals surface area (Å²) < 4.78 is 1.29. The van der Waals surface area contributed by atoms with E-state index in [1.165, 1.54) is 35.4 Å². The number of nitrogens with two attached hydrogens (primary N) is 1. The van der Waals surface area contributed by atoms with Crippen LogP contribution in [-0.2, 0) is 6.42 Å². The van der Waals surface area contributed by atoms with Gasteiger partial charge < -0.3 is 5.73 Å². The van der Waals surface area contributed by atoms with Crippen molar-refractivity contribution in [1.82, 2.24) is 4.98 Å². The van der Waals surface area contributed by atoms with E-state index in [-0.39, 0.29) is 0 Å². The van der Waals surface area contributed by atoms with Crippen molar-refractivity contribution >= 4 is 21.6 Å². The van der Waals surface area contributed by atoms with Gasteiger partial charge in [-0.3, -0.25) is 0 Å². The zero-order chi connectivity index (χ0) is 12.8. The van der Waals surface area contributed by atoms with Crippen molar-refractivity contribution in [3.05, 3.63) is 29.3 Å². The van der Waals surface area contributed by atoms with Crippen LogP contribution in [-0.4, -0.2) is 11.0 Å². The van der Waals surface area contributed by atoms with Gasteiger partial charge in [-0.2, -0.15) is 0 Å². The molecule has 2 bridgehead atoms. The molecule has 0 saturated heterocycles. The quantitative estimate of drug-likeness (QED) is 0.927. The van der Waals surface area contributed by atoms with Crippen LogP contribution in [0.3, 0.4) is 0 Å².